The van der Waals surface area contributed by atoms with Gasteiger partial charge >= 0.3 is 0 Å². The van der Waals surface area contributed by atoms with Crippen molar-refractivity contribution in [3.05, 3.63) is 89.4 Å². The average Bonchev–Trinajstić information content (AvgIpc) is 3.36. The molecule has 4 aromatic heterocycles. The van der Waals surface area contributed by atoms with Crippen molar-refractivity contribution in [2.45, 2.75) is 59.9 Å². The molecule has 0 unspecified atom stereocenters. The fraction of sp³-hybridized carbons (Fsp3) is 0.344. The standard InChI is InChI=1S/C32H39N7/c1-6-9-12-16-39(5)22-24-17-27(23(4)34-19-24)25-18-28-31(37-38-32(28)36-20-25)21-35-29(13-7-2)26(8-3)30-14-10-11-15-33-30/h8,10-11,13-15,17-21H,6-7,9,12,16,22H2,1-5H3,(H,36,37,38)/b26-8+,29-13+,35-21?. The summed E-state index contributed by atoms with van der Waals surface area (Å²) in [7, 11) is 2.17. The molecule has 4 rings (SSSR count). The lowest BCUT2D eigenvalue weighted by Crippen LogP contribution is -2.19. The number of hydrogen-bond acceptors (Lipinski definition) is 6. The van der Waals surface area contributed by atoms with Crippen LogP contribution in [-0.2, 0) is 6.54 Å². The number of fused-ring (bicyclic) bond motifs is 1. The lowest BCUT2D eigenvalue weighted by Gasteiger charge is -2.17. The van der Waals surface area contributed by atoms with Gasteiger partial charge in [-0.25, -0.2) is 4.98 Å². The summed E-state index contributed by atoms with van der Waals surface area (Å²) in [6, 6.07) is 10.3. The first-order valence-electron chi connectivity index (χ1n) is 13.8. The van der Waals surface area contributed by atoms with Crippen molar-refractivity contribution in [2.75, 3.05) is 13.6 Å². The van der Waals surface area contributed by atoms with Gasteiger partial charge in [0.15, 0.2) is 5.65 Å². The Morgan fingerprint density at radius 1 is 1.08 bits per heavy atom. The summed E-state index contributed by atoms with van der Waals surface area (Å²) < 4.78 is 0. The van der Waals surface area contributed by atoms with E-state index < -0.39 is 0 Å². The number of aryl methyl sites for hydroxylation is 1. The second-order valence-electron chi connectivity index (χ2n) is 9.83. The van der Waals surface area contributed by atoms with E-state index in [1.807, 2.05) is 50.7 Å². The van der Waals surface area contributed by atoms with E-state index in [0.717, 1.165) is 64.4 Å². The highest BCUT2D eigenvalue weighted by atomic mass is 15.1. The number of aromatic nitrogens is 5. The number of aliphatic imine (C=N–C) groups is 1. The van der Waals surface area contributed by atoms with E-state index in [2.05, 4.69) is 70.2 Å². The molecule has 4 aromatic rings. The van der Waals surface area contributed by atoms with Crippen LogP contribution >= 0.6 is 0 Å². The summed E-state index contributed by atoms with van der Waals surface area (Å²) in [6.45, 7) is 10.4. The van der Waals surface area contributed by atoms with Crippen molar-refractivity contribution in [1.82, 2.24) is 30.0 Å². The Kier molecular flexibility index (Phi) is 9.86. The number of pyridine rings is 3. The molecule has 0 amide bonds. The molecular weight excluding hydrogens is 482 g/mol. The van der Waals surface area contributed by atoms with Crippen LogP contribution in [0.3, 0.4) is 0 Å². The maximum absolute atomic E-state index is 4.86. The zero-order valence-electron chi connectivity index (χ0n) is 23.8. The van der Waals surface area contributed by atoms with E-state index in [-0.39, 0.29) is 0 Å². The first-order valence-corrected chi connectivity index (χ1v) is 13.8. The quantitative estimate of drug-likeness (QED) is 0.121. The highest BCUT2D eigenvalue weighted by Crippen LogP contribution is 2.27. The third-order valence-electron chi connectivity index (χ3n) is 6.73. The Morgan fingerprint density at radius 2 is 1.95 bits per heavy atom. The Labute approximate surface area is 231 Å². The van der Waals surface area contributed by atoms with Crippen LogP contribution in [0.15, 0.2) is 71.8 Å². The Morgan fingerprint density at radius 3 is 2.69 bits per heavy atom. The average molecular weight is 522 g/mol. The van der Waals surface area contributed by atoms with E-state index in [0.29, 0.717) is 5.65 Å². The minimum absolute atomic E-state index is 0.662. The second kappa shape index (κ2) is 13.7. The van der Waals surface area contributed by atoms with Gasteiger partial charge in [-0.2, -0.15) is 5.10 Å². The smallest absolute Gasteiger partial charge is 0.181 e. The molecule has 0 fully saturated rings. The van der Waals surface area contributed by atoms with Crippen LogP contribution in [0.4, 0.5) is 0 Å². The fourth-order valence-corrected chi connectivity index (χ4v) is 4.65. The molecule has 0 bridgehead atoms. The van der Waals surface area contributed by atoms with E-state index in [1.54, 1.807) is 6.20 Å². The Bertz CT molecular complexity index is 1460. The topological polar surface area (TPSA) is 83.0 Å². The number of rotatable bonds is 12. The summed E-state index contributed by atoms with van der Waals surface area (Å²) >= 11 is 0. The molecule has 39 heavy (non-hydrogen) atoms. The van der Waals surface area contributed by atoms with Gasteiger partial charge in [-0.15, -0.1) is 0 Å². The summed E-state index contributed by atoms with van der Waals surface area (Å²) in [6.07, 6.45) is 16.2. The van der Waals surface area contributed by atoms with Crippen LogP contribution in [-0.4, -0.2) is 49.9 Å². The van der Waals surface area contributed by atoms with Crippen molar-refractivity contribution in [2.24, 2.45) is 4.99 Å². The van der Waals surface area contributed by atoms with E-state index in [9.17, 15) is 0 Å². The zero-order valence-corrected chi connectivity index (χ0v) is 23.8. The molecule has 0 aromatic carbocycles. The van der Waals surface area contributed by atoms with Crippen molar-refractivity contribution in [3.63, 3.8) is 0 Å². The number of unbranched alkanes of at least 4 members (excludes halogenated alkanes) is 2. The maximum Gasteiger partial charge on any atom is 0.181 e. The van der Waals surface area contributed by atoms with Crippen molar-refractivity contribution >= 4 is 22.8 Å². The third-order valence-corrected chi connectivity index (χ3v) is 6.73. The van der Waals surface area contributed by atoms with Crippen LogP contribution < -0.4 is 0 Å². The number of allylic oxidation sites excluding steroid dienone is 3. The largest absolute Gasteiger partial charge is 0.302 e. The highest BCUT2D eigenvalue weighted by molar-refractivity contribution is 5.98. The monoisotopic (exact) mass is 521 g/mol. The fourth-order valence-electron chi connectivity index (χ4n) is 4.65. The number of nitrogens with one attached hydrogen (secondary N) is 1. The van der Waals surface area contributed by atoms with Crippen molar-refractivity contribution < 1.29 is 0 Å². The predicted molar refractivity (Wildman–Crippen MR) is 162 cm³/mol. The van der Waals surface area contributed by atoms with Gasteiger partial charge in [-0.05, 0) is 70.1 Å². The molecule has 0 atom stereocenters. The van der Waals surface area contributed by atoms with Gasteiger partial charge in [0.2, 0.25) is 0 Å². The van der Waals surface area contributed by atoms with Crippen molar-refractivity contribution in [1.29, 1.82) is 0 Å². The van der Waals surface area contributed by atoms with Gasteiger partial charge in [-0.1, -0.05) is 44.9 Å². The molecular formula is C32H39N7. The maximum atomic E-state index is 4.86. The molecule has 0 aliphatic carbocycles. The summed E-state index contributed by atoms with van der Waals surface area (Å²) in [5.74, 6) is 0. The number of nitrogens with zero attached hydrogens (tertiary/aromatic N) is 6. The molecule has 1 N–H and O–H groups in total. The van der Waals surface area contributed by atoms with Crippen LogP contribution in [0.5, 0.6) is 0 Å². The van der Waals surface area contributed by atoms with E-state index >= 15 is 0 Å². The molecule has 0 radical (unpaired) electrons. The molecule has 0 aliphatic heterocycles. The van der Waals surface area contributed by atoms with Crippen LogP contribution in [0.1, 0.15) is 69.1 Å². The van der Waals surface area contributed by atoms with Gasteiger partial charge < -0.3 is 4.90 Å². The highest BCUT2D eigenvalue weighted by Gasteiger charge is 2.12. The first-order chi connectivity index (χ1) is 19.0. The van der Waals surface area contributed by atoms with E-state index in [1.165, 1.54) is 24.8 Å². The number of aromatic amines is 1. The molecule has 0 aliphatic rings. The molecule has 0 saturated carbocycles. The van der Waals surface area contributed by atoms with Gasteiger partial charge in [0.05, 0.1) is 23.3 Å². The first kappa shape index (κ1) is 28.0. The molecule has 202 valence electrons. The minimum atomic E-state index is 0.662. The molecule has 7 heteroatoms. The molecule has 7 nitrogen and oxygen atoms in total. The van der Waals surface area contributed by atoms with Gasteiger partial charge in [0, 0.05) is 52.9 Å². The predicted octanol–water partition coefficient (Wildman–Crippen LogP) is 7.16. The lowest BCUT2D eigenvalue weighted by molar-refractivity contribution is 0.318. The molecule has 0 spiro atoms. The van der Waals surface area contributed by atoms with Crippen LogP contribution in [0.2, 0.25) is 0 Å². The normalized spacial score (nSPS) is 12.8. The molecule has 4 heterocycles. The lowest BCUT2D eigenvalue weighted by atomic mass is 10.0. The van der Waals surface area contributed by atoms with Crippen LogP contribution in [0.25, 0.3) is 27.7 Å². The minimum Gasteiger partial charge on any atom is -0.302 e. The number of hydrogen-bond donors (Lipinski definition) is 1. The van der Waals surface area contributed by atoms with E-state index in [4.69, 9.17) is 9.98 Å². The summed E-state index contributed by atoms with van der Waals surface area (Å²) in [4.78, 5) is 21.1. The van der Waals surface area contributed by atoms with Crippen LogP contribution in [0, 0.1) is 6.92 Å². The van der Waals surface area contributed by atoms with Crippen molar-refractivity contribution in [3.8, 4) is 11.1 Å². The Hall–Kier alpha value is -3.97. The SMILES string of the molecule is C/C=C(\C(=C/CC)N=Cc1[nH]nc2ncc(-c3cc(CN(C)CCCCC)cnc3C)cc12)c1ccccn1. The van der Waals surface area contributed by atoms with Gasteiger partial charge in [0.1, 0.15) is 0 Å². The second-order valence-corrected chi connectivity index (χ2v) is 9.83. The summed E-state index contributed by atoms with van der Waals surface area (Å²) in [5.41, 5.74) is 8.53. The molecule has 0 saturated heterocycles. The zero-order chi connectivity index (χ0) is 27.6. The summed E-state index contributed by atoms with van der Waals surface area (Å²) in [5, 5.41) is 8.46. The third kappa shape index (κ3) is 7.12. The van der Waals surface area contributed by atoms with Gasteiger partial charge in [0.25, 0.3) is 0 Å². The van der Waals surface area contributed by atoms with Gasteiger partial charge in [-0.3, -0.25) is 20.1 Å². The Balaban J connectivity index is 1.62. The number of H-pyrrole nitrogens is 1.